The first-order valence-electron chi connectivity index (χ1n) is 5.89. The normalized spacial score (nSPS) is 11.4. The molecule has 0 fully saturated rings. The van der Waals surface area contributed by atoms with Gasteiger partial charge in [0.05, 0.1) is 11.0 Å². The molecule has 0 saturated heterocycles. The Morgan fingerprint density at radius 1 is 1.35 bits per heavy atom. The van der Waals surface area contributed by atoms with E-state index in [1.54, 1.807) is 0 Å². The fourth-order valence-corrected chi connectivity index (χ4v) is 2.25. The highest BCUT2D eigenvalue weighted by Crippen LogP contribution is 2.22. The second-order valence-electron chi connectivity index (χ2n) is 4.44. The van der Waals surface area contributed by atoms with Crippen LogP contribution in [0, 0.1) is 0 Å². The maximum Gasteiger partial charge on any atom is 0.206 e. The maximum absolute atomic E-state index is 5.86. The van der Waals surface area contributed by atoms with Crippen molar-refractivity contribution in [3.8, 4) is 0 Å². The third-order valence-electron chi connectivity index (χ3n) is 2.97. The van der Waals surface area contributed by atoms with Gasteiger partial charge in [0.15, 0.2) is 0 Å². The number of hydrogen-bond acceptors (Lipinski definition) is 2. The molecule has 0 radical (unpaired) electrons. The quantitative estimate of drug-likeness (QED) is 0.779. The summed E-state index contributed by atoms with van der Waals surface area (Å²) in [4.78, 5) is 6.91. The Balaban J connectivity index is 2.49. The number of fused-ring (bicyclic) bond motifs is 1. The van der Waals surface area contributed by atoms with Crippen LogP contribution in [0.3, 0.4) is 0 Å². The molecule has 0 aliphatic carbocycles. The molecule has 0 aliphatic rings. The number of alkyl halides is 1. The summed E-state index contributed by atoms with van der Waals surface area (Å²) in [6, 6.07) is 8.57. The van der Waals surface area contributed by atoms with Crippen LogP contribution in [-0.2, 0) is 7.05 Å². The number of benzene rings is 1. The first-order valence-corrected chi connectivity index (χ1v) is 6.42. The van der Waals surface area contributed by atoms with E-state index in [4.69, 9.17) is 11.6 Å². The first kappa shape index (κ1) is 12.2. The Labute approximate surface area is 107 Å². The SMILES string of the molecule is CC(C)N(CCCl)c1nc2ccccc2n1C. The molecule has 0 N–H and O–H groups in total. The summed E-state index contributed by atoms with van der Waals surface area (Å²) in [6.07, 6.45) is 0. The van der Waals surface area contributed by atoms with Crippen LogP contribution in [0.5, 0.6) is 0 Å². The van der Waals surface area contributed by atoms with Crippen LogP contribution in [0.25, 0.3) is 11.0 Å². The topological polar surface area (TPSA) is 21.1 Å². The highest BCUT2D eigenvalue weighted by molar-refractivity contribution is 6.18. The minimum atomic E-state index is 0.393. The van der Waals surface area contributed by atoms with Crippen LogP contribution >= 0.6 is 11.6 Å². The lowest BCUT2D eigenvalue weighted by molar-refractivity contribution is 0.669. The molecule has 4 heteroatoms. The monoisotopic (exact) mass is 251 g/mol. The lowest BCUT2D eigenvalue weighted by Crippen LogP contribution is -2.34. The summed E-state index contributed by atoms with van der Waals surface area (Å²) in [6.45, 7) is 5.13. The van der Waals surface area contributed by atoms with Gasteiger partial charge in [-0.25, -0.2) is 4.98 Å². The van der Waals surface area contributed by atoms with Crippen molar-refractivity contribution in [1.82, 2.24) is 9.55 Å². The summed E-state index contributed by atoms with van der Waals surface area (Å²) >= 11 is 5.86. The molecule has 1 aromatic carbocycles. The standard InChI is InChI=1S/C13H18ClN3/c1-10(2)17(9-8-14)13-15-11-6-4-5-7-12(11)16(13)3/h4-7,10H,8-9H2,1-3H3. The van der Waals surface area contributed by atoms with E-state index in [1.165, 1.54) is 0 Å². The van der Waals surface area contributed by atoms with Crippen molar-refractivity contribution in [2.75, 3.05) is 17.3 Å². The minimum absolute atomic E-state index is 0.393. The molecule has 0 saturated carbocycles. The molecule has 0 spiro atoms. The molecular formula is C13H18ClN3. The summed E-state index contributed by atoms with van der Waals surface area (Å²) in [7, 11) is 2.05. The molecule has 0 amide bonds. The zero-order valence-corrected chi connectivity index (χ0v) is 11.3. The van der Waals surface area contributed by atoms with Crippen molar-refractivity contribution < 1.29 is 0 Å². The molecule has 1 heterocycles. The predicted octanol–water partition coefficient (Wildman–Crippen LogP) is 3.03. The molecule has 3 nitrogen and oxygen atoms in total. The molecule has 2 aromatic rings. The highest BCUT2D eigenvalue weighted by atomic mass is 35.5. The largest absolute Gasteiger partial charge is 0.339 e. The lowest BCUT2D eigenvalue weighted by Gasteiger charge is -2.26. The number of hydrogen-bond donors (Lipinski definition) is 0. The van der Waals surface area contributed by atoms with E-state index in [-0.39, 0.29) is 0 Å². The van der Waals surface area contributed by atoms with Crippen molar-refractivity contribution in [2.24, 2.45) is 7.05 Å². The van der Waals surface area contributed by atoms with Gasteiger partial charge in [0, 0.05) is 25.5 Å². The number of para-hydroxylation sites is 2. The summed E-state index contributed by atoms with van der Waals surface area (Å²) in [5, 5.41) is 0. The Bertz CT molecular complexity index is 504. The van der Waals surface area contributed by atoms with Gasteiger partial charge in [0.2, 0.25) is 5.95 Å². The first-order chi connectivity index (χ1) is 8.15. The van der Waals surface area contributed by atoms with Crippen LogP contribution in [0.4, 0.5) is 5.95 Å². The van der Waals surface area contributed by atoms with E-state index >= 15 is 0 Å². The zero-order chi connectivity index (χ0) is 12.4. The van der Waals surface area contributed by atoms with Gasteiger partial charge < -0.3 is 9.47 Å². The smallest absolute Gasteiger partial charge is 0.206 e. The van der Waals surface area contributed by atoms with Gasteiger partial charge in [-0.2, -0.15) is 0 Å². The second-order valence-corrected chi connectivity index (χ2v) is 4.81. The molecular weight excluding hydrogens is 234 g/mol. The van der Waals surface area contributed by atoms with E-state index in [1.807, 2.05) is 25.2 Å². The van der Waals surface area contributed by atoms with Crippen molar-refractivity contribution in [2.45, 2.75) is 19.9 Å². The average Bonchev–Trinajstić information content (AvgIpc) is 2.64. The summed E-state index contributed by atoms with van der Waals surface area (Å²) in [5.74, 6) is 1.60. The molecule has 0 bridgehead atoms. The van der Waals surface area contributed by atoms with Gasteiger partial charge in [-0.3, -0.25) is 0 Å². The third kappa shape index (κ3) is 2.25. The number of anilines is 1. The zero-order valence-electron chi connectivity index (χ0n) is 10.5. The number of rotatable bonds is 4. The van der Waals surface area contributed by atoms with Crippen LogP contribution in [0.1, 0.15) is 13.8 Å². The van der Waals surface area contributed by atoms with Crippen molar-refractivity contribution in [3.63, 3.8) is 0 Å². The van der Waals surface area contributed by atoms with Gasteiger partial charge in [-0.05, 0) is 26.0 Å². The maximum atomic E-state index is 5.86. The molecule has 1 aromatic heterocycles. The highest BCUT2D eigenvalue weighted by Gasteiger charge is 2.16. The van der Waals surface area contributed by atoms with Crippen molar-refractivity contribution in [1.29, 1.82) is 0 Å². The minimum Gasteiger partial charge on any atom is -0.339 e. The van der Waals surface area contributed by atoms with Gasteiger partial charge >= 0.3 is 0 Å². The molecule has 0 atom stereocenters. The molecule has 2 rings (SSSR count). The third-order valence-corrected chi connectivity index (χ3v) is 3.14. The Morgan fingerprint density at radius 3 is 2.65 bits per heavy atom. The van der Waals surface area contributed by atoms with Gasteiger partial charge in [0.1, 0.15) is 0 Å². The molecule has 0 aliphatic heterocycles. The van der Waals surface area contributed by atoms with E-state index in [9.17, 15) is 0 Å². The number of aromatic nitrogens is 2. The Morgan fingerprint density at radius 2 is 2.06 bits per heavy atom. The van der Waals surface area contributed by atoms with Gasteiger partial charge in [-0.1, -0.05) is 12.1 Å². The Hall–Kier alpha value is -1.22. The van der Waals surface area contributed by atoms with Crippen LogP contribution in [0.2, 0.25) is 0 Å². The van der Waals surface area contributed by atoms with Crippen molar-refractivity contribution in [3.05, 3.63) is 24.3 Å². The van der Waals surface area contributed by atoms with Crippen LogP contribution < -0.4 is 4.90 Å². The molecule has 17 heavy (non-hydrogen) atoms. The number of imidazole rings is 1. The number of nitrogens with zero attached hydrogens (tertiary/aromatic N) is 3. The summed E-state index contributed by atoms with van der Waals surface area (Å²) < 4.78 is 2.13. The van der Waals surface area contributed by atoms with Crippen molar-refractivity contribution >= 4 is 28.6 Å². The van der Waals surface area contributed by atoms with Gasteiger partial charge in [-0.15, -0.1) is 11.6 Å². The second kappa shape index (κ2) is 4.96. The average molecular weight is 252 g/mol. The molecule has 0 unspecified atom stereocenters. The number of halogens is 1. The van der Waals surface area contributed by atoms with Crippen LogP contribution in [-0.4, -0.2) is 28.0 Å². The fraction of sp³-hybridized carbons (Fsp3) is 0.462. The number of aryl methyl sites for hydroxylation is 1. The predicted molar refractivity (Wildman–Crippen MR) is 73.9 cm³/mol. The van der Waals surface area contributed by atoms with Gasteiger partial charge in [0.25, 0.3) is 0 Å². The molecule has 92 valence electrons. The van der Waals surface area contributed by atoms with E-state index in [0.717, 1.165) is 23.5 Å². The lowest BCUT2D eigenvalue weighted by atomic mass is 10.3. The summed E-state index contributed by atoms with van der Waals surface area (Å²) in [5.41, 5.74) is 2.19. The fourth-order valence-electron chi connectivity index (χ4n) is 2.07. The Kier molecular flexibility index (Phi) is 3.57. The van der Waals surface area contributed by atoms with E-state index in [0.29, 0.717) is 11.9 Å². The van der Waals surface area contributed by atoms with E-state index < -0.39 is 0 Å². The van der Waals surface area contributed by atoms with E-state index in [2.05, 4.69) is 34.4 Å². The van der Waals surface area contributed by atoms with Crippen LogP contribution in [0.15, 0.2) is 24.3 Å².